The van der Waals surface area contributed by atoms with Crippen LogP contribution in [0, 0.1) is 0 Å². The number of hydrogen-bond acceptors (Lipinski definition) is 4. The number of thiophene rings is 1. The summed E-state index contributed by atoms with van der Waals surface area (Å²) in [6, 6.07) is 4.52. The smallest absolute Gasteiger partial charge is 0.184 e. The van der Waals surface area contributed by atoms with Crippen LogP contribution < -0.4 is 5.32 Å². The first-order valence-electron chi connectivity index (χ1n) is 4.17. The number of rotatable bonds is 3. The molecule has 5 heteroatoms. The Morgan fingerprint density at radius 2 is 2.43 bits per heavy atom. The van der Waals surface area contributed by atoms with Gasteiger partial charge in [0.25, 0.3) is 0 Å². The maximum Gasteiger partial charge on any atom is 0.184 e. The zero-order chi connectivity index (χ0) is 9.97. The average molecular weight is 289 g/mol. The normalized spacial score (nSPS) is 12.7. The van der Waals surface area contributed by atoms with E-state index in [1.54, 1.807) is 22.7 Å². The van der Waals surface area contributed by atoms with Gasteiger partial charge >= 0.3 is 0 Å². The van der Waals surface area contributed by atoms with Gasteiger partial charge in [0, 0.05) is 4.88 Å². The predicted octanol–water partition coefficient (Wildman–Crippen LogP) is 4.14. The molecule has 0 saturated heterocycles. The molecular weight excluding hydrogens is 280 g/mol. The summed E-state index contributed by atoms with van der Waals surface area (Å²) in [6.07, 6.45) is 1.81. The summed E-state index contributed by atoms with van der Waals surface area (Å²) in [5.41, 5.74) is 0. The lowest BCUT2D eigenvalue weighted by Gasteiger charge is -2.09. The zero-order valence-corrected chi connectivity index (χ0v) is 10.7. The molecule has 0 aromatic carbocycles. The van der Waals surface area contributed by atoms with Gasteiger partial charge < -0.3 is 5.32 Å². The van der Waals surface area contributed by atoms with Gasteiger partial charge in [-0.15, -0.1) is 11.3 Å². The van der Waals surface area contributed by atoms with E-state index in [4.69, 9.17) is 0 Å². The minimum atomic E-state index is 0.327. The van der Waals surface area contributed by atoms with E-state index in [-0.39, 0.29) is 0 Å². The number of nitrogens with zero attached hydrogens (tertiary/aromatic N) is 1. The first kappa shape index (κ1) is 10.1. The van der Waals surface area contributed by atoms with Crippen molar-refractivity contribution in [1.29, 1.82) is 0 Å². The van der Waals surface area contributed by atoms with E-state index in [2.05, 4.69) is 50.7 Å². The lowest BCUT2D eigenvalue weighted by molar-refractivity contribution is 0.904. The van der Waals surface area contributed by atoms with Crippen molar-refractivity contribution in [2.75, 3.05) is 5.32 Å². The van der Waals surface area contributed by atoms with E-state index in [1.165, 1.54) is 4.88 Å². The maximum absolute atomic E-state index is 4.23. The highest BCUT2D eigenvalue weighted by Crippen LogP contribution is 2.28. The summed E-state index contributed by atoms with van der Waals surface area (Å²) in [5.74, 6) is 0. The van der Waals surface area contributed by atoms with Crippen LogP contribution >= 0.6 is 38.6 Å². The summed E-state index contributed by atoms with van der Waals surface area (Å²) in [5, 5.41) is 6.40. The molecule has 0 saturated carbocycles. The molecule has 0 radical (unpaired) electrons. The molecule has 0 aliphatic heterocycles. The highest BCUT2D eigenvalue weighted by molar-refractivity contribution is 9.11. The number of nitrogens with one attached hydrogen (secondary N) is 1. The molecule has 2 rings (SSSR count). The SMILES string of the molecule is C[C@H](Nc1ncc(Br)s1)c1cccs1. The van der Waals surface area contributed by atoms with E-state index in [0.29, 0.717) is 6.04 Å². The van der Waals surface area contributed by atoms with Crippen LogP contribution in [0.3, 0.4) is 0 Å². The first-order chi connectivity index (χ1) is 6.75. The summed E-state index contributed by atoms with van der Waals surface area (Å²) in [7, 11) is 0. The highest BCUT2D eigenvalue weighted by atomic mass is 79.9. The van der Waals surface area contributed by atoms with E-state index >= 15 is 0 Å². The van der Waals surface area contributed by atoms with Crippen molar-refractivity contribution in [2.45, 2.75) is 13.0 Å². The van der Waals surface area contributed by atoms with Gasteiger partial charge in [0.2, 0.25) is 0 Å². The molecule has 0 fully saturated rings. The number of thiazole rings is 1. The van der Waals surface area contributed by atoms with E-state index < -0.39 is 0 Å². The molecule has 0 amide bonds. The Kier molecular flexibility index (Phi) is 3.20. The number of hydrogen-bond donors (Lipinski definition) is 1. The Balaban J connectivity index is 2.05. The van der Waals surface area contributed by atoms with Gasteiger partial charge in [0.05, 0.1) is 16.0 Å². The average Bonchev–Trinajstić information content (AvgIpc) is 2.75. The lowest BCUT2D eigenvalue weighted by Crippen LogP contribution is -2.03. The van der Waals surface area contributed by atoms with Gasteiger partial charge in [-0.2, -0.15) is 0 Å². The number of anilines is 1. The van der Waals surface area contributed by atoms with Crippen molar-refractivity contribution < 1.29 is 0 Å². The second-order valence-electron chi connectivity index (χ2n) is 2.85. The Bertz CT molecular complexity index is 397. The van der Waals surface area contributed by atoms with Gasteiger partial charge in [0.15, 0.2) is 5.13 Å². The fourth-order valence-electron chi connectivity index (χ4n) is 1.12. The van der Waals surface area contributed by atoms with Crippen molar-refractivity contribution in [3.05, 3.63) is 32.4 Å². The number of halogens is 1. The predicted molar refractivity (Wildman–Crippen MR) is 66.2 cm³/mol. The molecule has 2 aromatic heterocycles. The molecule has 0 aliphatic rings. The Labute approximate surface area is 99.1 Å². The van der Waals surface area contributed by atoms with E-state index in [9.17, 15) is 0 Å². The molecular formula is C9H9BrN2S2. The third-order valence-electron chi connectivity index (χ3n) is 1.79. The van der Waals surface area contributed by atoms with Gasteiger partial charge in [-0.05, 0) is 34.3 Å². The molecule has 1 atom stereocenters. The van der Waals surface area contributed by atoms with E-state index in [0.717, 1.165) is 8.92 Å². The quantitative estimate of drug-likeness (QED) is 0.918. The van der Waals surface area contributed by atoms with Gasteiger partial charge in [0.1, 0.15) is 0 Å². The molecule has 0 spiro atoms. The van der Waals surface area contributed by atoms with Crippen LogP contribution in [0.25, 0.3) is 0 Å². The molecule has 1 N–H and O–H groups in total. The summed E-state index contributed by atoms with van der Waals surface area (Å²) < 4.78 is 1.05. The van der Waals surface area contributed by atoms with Crippen molar-refractivity contribution in [3.8, 4) is 0 Å². The number of aromatic nitrogens is 1. The van der Waals surface area contributed by atoms with E-state index in [1.807, 2.05) is 6.20 Å². The monoisotopic (exact) mass is 288 g/mol. The second kappa shape index (κ2) is 4.42. The van der Waals surface area contributed by atoms with Gasteiger partial charge in [-0.3, -0.25) is 0 Å². The minimum Gasteiger partial charge on any atom is -0.354 e. The van der Waals surface area contributed by atoms with Crippen LogP contribution in [0.4, 0.5) is 5.13 Å². The van der Waals surface area contributed by atoms with Crippen LogP contribution in [0.1, 0.15) is 17.8 Å². The second-order valence-corrected chi connectivity index (χ2v) is 6.24. The third-order valence-corrected chi connectivity index (χ3v) is 4.25. The summed E-state index contributed by atoms with van der Waals surface area (Å²) in [4.78, 5) is 5.56. The molecule has 2 heterocycles. The van der Waals surface area contributed by atoms with Crippen molar-refractivity contribution in [3.63, 3.8) is 0 Å². The summed E-state index contributed by atoms with van der Waals surface area (Å²) in [6.45, 7) is 2.14. The Hall–Kier alpha value is -0.390. The molecule has 0 unspecified atom stereocenters. The topological polar surface area (TPSA) is 24.9 Å². The van der Waals surface area contributed by atoms with Crippen molar-refractivity contribution in [2.24, 2.45) is 0 Å². The van der Waals surface area contributed by atoms with Crippen LogP contribution in [0.5, 0.6) is 0 Å². The lowest BCUT2D eigenvalue weighted by atomic mass is 10.3. The third kappa shape index (κ3) is 2.34. The van der Waals surface area contributed by atoms with Crippen LogP contribution in [0.15, 0.2) is 27.5 Å². The highest BCUT2D eigenvalue weighted by Gasteiger charge is 2.07. The van der Waals surface area contributed by atoms with Gasteiger partial charge in [-0.1, -0.05) is 17.4 Å². The molecule has 2 aromatic rings. The van der Waals surface area contributed by atoms with Crippen LogP contribution in [0.2, 0.25) is 0 Å². The molecule has 0 aliphatic carbocycles. The molecule has 14 heavy (non-hydrogen) atoms. The largest absolute Gasteiger partial charge is 0.354 e. The fraction of sp³-hybridized carbons (Fsp3) is 0.222. The maximum atomic E-state index is 4.23. The fourth-order valence-corrected chi connectivity index (χ4v) is 3.04. The van der Waals surface area contributed by atoms with Crippen molar-refractivity contribution in [1.82, 2.24) is 4.98 Å². The zero-order valence-electron chi connectivity index (χ0n) is 7.53. The minimum absolute atomic E-state index is 0.327. The molecule has 74 valence electrons. The molecule has 0 bridgehead atoms. The Morgan fingerprint density at radius 1 is 1.57 bits per heavy atom. The standard InChI is InChI=1S/C9H9BrN2S2/c1-6(7-3-2-4-13-7)12-9-11-5-8(10)14-9/h2-6H,1H3,(H,11,12)/t6-/m0/s1. The van der Waals surface area contributed by atoms with Gasteiger partial charge in [-0.25, -0.2) is 4.98 Å². The van der Waals surface area contributed by atoms with Crippen LogP contribution in [-0.2, 0) is 0 Å². The summed E-state index contributed by atoms with van der Waals surface area (Å²) >= 11 is 6.76. The first-order valence-corrected chi connectivity index (χ1v) is 6.66. The molecule has 2 nitrogen and oxygen atoms in total. The Morgan fingerprint density at radius 3 is 3.00 bits per heavy atom. The van der Waals surface area contributed by atoms with Crippen LogP contribution in [-0.4, -0.2) is 4.98 Å². The van der Waals surface area contributed by atoms with Crippen molar-refractivity contribution >= 4 is 43.7 Å².